The molecule has 3 atom stereocenters. The minimum Gasteiger partial charge on any atom is -0.433 e. The Kier molecular flexibility index (Phi) is 4.07. The molecule has 0 spiro atoms. The van der Waals surface area contributed by atoms with E-state index >= 15 is 0 Å². The maximum atomic E-state index is 12.5. The van der Waals surface area contributed by atoms with E-state index in [1.165, 1.54) is 4.90 Å². The number of hydrogen-bond acceptors (Lipinski definition) is 4. The van der Waals surface area contributed by atoms with Crippen LogP contribution in [0.2, 0.25) is 0 Å². The van der Waals surface area contributed by atoms with Crippen molar-refractivity contribution < 1.29 is 19.1 Å². The molecule has 2 aliphatic heterocycles. The third kappa shape index (κ3) is 2.69. The van der Waals surface area contributed by atoms with Gasteiger partial charge in [0.15, 0.2) is 0 Å². The molecule has 0 aliphatic carbocycles. The number of cyclic esters (lactones) is 1. The van der Waals surface area contributed by atoms with E-state index in [9.17, 15) is 14.4 Å². The fraction of sp³-hybridized carbons (Fsp3) is 0.471. The van der Waals surface area contributed by atoms with Crippen molar-refractivity contribution in [2.75, 3.05) is 0 Å². The first-order chi connectivity index (χ1) is 11.0. The van der Waals surface area contributed by atoms with Gasteiger partial charge in [0.25, 0.3) is 0 Å². The van der Waals surface area contributed by atoms with Gasteiger partial charge < -0.3 is 10.1 Å². The molecule has 2 heterocycles. The molecule has 23 heavy (non-hydrogen) atoms. The lowest BCUT2D eigenvalue weighted by Crippen LogP contribution is -2.48. The van der Waals surface area contributed by atoms with E-state index in [1.54, 1.807) is 24.3 Å². The minimum atomic E-state index is -0.804. The monoisotopic (exact) mass is 316 g/mol. The summed E-state index contributed by atoms with van der Waals surface area (Å²) in [6, 6.07) is 6.43. The number of ether oxygens (including phenoxy) is 1. The molecule has 2 amide bonds. The topological polar surface area (TPSA) is 75.7 Å². The van der Waals surface area contributed by atoms with Crippen LogP contribution in [0.4, 0.5) is 0 Å². The molecule has 122 valence electrons. The quantitative estimate of drug-likeness (QED) is 0.859. The Morgan fingerprint density at radius 1 is 1.39 bits per heavy atom. The summed E-state index contributed by atoms with van der Waals surface area (Å²) in [7, 11) is 0. The number of hydrogen-bond donors (Lipinski definition) is 1. The predicted octanol–water partition coefficient (Wildman–Crippen LogP) is 1.76. The molecule has 0 aromatic heterocycles. The van der Waals surface area contributed by atoms with Gasteiger partial charge >= 0.3 is 5.97 Å². The van der Waals surface area contributed by atoms with E-state index in [2.05, 4.69) is 5.32 Å². The average molecular weight is 316 g/mol. The molecule has 6 heteroatoms. The Labute approximate surface area is 134 Å². The summed E-state index contributed by atoms with van der Waals surface area (Å²) in [5.41, 5.74) is 1.10. The molecule has 1 fully saturated rings. The fourth-order valence-electron chi connectivity index (χ4n) is 3.03. The average Bonchev–Trinajstić information content (AvgIpc) is 3.08. The van der Waals surface area contributed by atoms with Crippen molar-refractivity contribution in [2.24, 2.45) is 0 Å². The van der Waals surface area contributed by atoms with Crippen LogP contribution in [0.5, 0.6) is 0 Å². The maximum absolute atomic E-state index is 12.5. The highest BCUT2D eigenvalue weighted by molar-refractivity contribution is 5.96. The lowest BCUT2D eigenvalue weighted by atomic mass is 10.1. The normalized spacial score (nSPS) is 24.3. The van der Waals surface area contributed by atoms with E-state index in [0.717, 1.165) is 6.42 Å². The zero-order chi connectivity index (χ0) is 16.6. The first-order valence-electron chi connectivity index (χ1n) is 7.94. The largest absolute Gasteiger partial charge is 0.433 e. The summed E-state index contributed by atoms with van der Waals surface area (Å²) < 4.78 is 5.38. The molecule has 1 N–H and O–H groups in total. The molecule has 3 rings (SSSR count). The number of esters is 1. The Bertz CT molecular complexity index is 658. The van der Waals surface area contributed by atoms with Crippen LogP contribution in [-0.2, 0) is 14.3 Å². The number of nitrogens with one attached hydrogen (secondary N) is 1. The molecule has 0 bridgehead atoms. The zero-order valence-electron chi connectivity index (χ0n) is 13.2. The number of carbonyl (C=O) groups excluding carboxylic acids is 3. The number of amides is 2. The van der Waals surface area contributed by atoms with Gasteiger partial charge in [-0.3, -0.25) is 14.5 Å². The number of likely N-dealkylation sites (tertiary alicyclic amines) is 1. The van der Waals surface area contributed by atoms with Crippen LogP contribution in [0.1, 0.15) is 55.3 Å². The summed E-state index contributed by atoms with van der Waals surface area (Å²) in [4.78, 5) is 38.2. The molecule has 0 radical (unpaired) electrons. The van der Waals surface area contributed by atoms with Gasteiger partial charge in [-0.25, -0.2) is 4.79 Å². The first kappa shape index (κ1) is 15.5. The second-order valence-electron chi connectivity index (χ2n) is 6.02. The zero-order valence-corrected chi connectivity index (χ0v) is 13.2. The summed E-state index contributed by atoms with van der Waals surface area (Å²) in [5.74, 6) is -0.805. The van der Waals surface area contributed by atoms with Crippen LogP contribution in [0.25, 0.3) is 0 Å². The third-order valence-corrected chi connectivity index (χ3v) is 4.48. The van der Waals surface area contributed by atoms with Gasteiger partial charge in [-0.2, -0.15) is 0 Å². The smallest absolute Gasteiger partial charge is 0.340 e. The number of rotatable bonds is 4. The number of nitrogens with zero attached hydrogens (tertiary/aromatic N) is 1. The lowest BCUT2D eigenvalue weighted by Gasteiger charge is -2.29. The fourth-order valence-corrected chi connectivity index (χ4v) is 3.03. The van der Waals surface area contributed by atoms with Crippen LogP contribution in [0.15, 0.2) is 24.3 Å². The summed E-state index contributed by atoms with van der Waals surface area (Å²) in [5, 5.41) is 2.91. The molecule has 0 unspecified atom stereocenters. The summed E-state index contributed by atoms with van der Waals surface area (Å²) in [6.07, 6.45) is 0.737. The van der Waals surface area contributed by atoms with Gasteiger partial charge in [0, 0.05) is 18.0 Å². The van der Waals surface area contributed by atoms with Crippen molar-refractivity contribution in [2.45, 2.75) is 51.4 Å². The second-order valence-corrected chi connectivity index (χ2v) is 6.02. The van der Waals surface area contributed by atoms with E-state index in [0.29, 0.717) is 17.5 Å². The first-order valence-corrected chi connectivity index (χ1v) is 7.94. The summed E-state index contributed by atoms with van der Waals surface area (Å²) in [6.45, 7) is 3.90. The van der Waals surface area contributed by atoms with Crippen molar-refractivity contribution in [1.29, 1.82) is 0 Å². The van der Waals surface area contributed by atoms with Crippen molar-refractivity contribution in [3.05, 3.63) is 35.4 Å². The number of carbonyl (C=O) groups is 3. The Hall–Kier alpha value is -2.37. The van der Waals surface area contributed by atoms with Crippen LogP contribution < -0.4 is 5.32 Å². The molecule has 1 saturated heterocycles. The van der Waals surface area contributed by atoms with Crippen LogP contribution in [-0.4, -0.2) is 34.8 Å². The Morgan fingerprint density at radius 2 is 2.13 bits per heavy atom. The number of fused-ring (bicyclic) bond motifs is 1. The molecule has 2 aliphatic rings. The van der Waals surface area contributed by atoms with E-state index < -0.39 is 18.2 Å². The molecule has 1 aromatic carbocycles. The van der Waals surface area contributed by atoms with Crippen molar-refractivity contribution in [3.8, 4) is 0 Å². The third-order valence-electron chi connectivity index (χ3n) is 4.48. The van der Waals surface area contributed by atoms with Crippen molar-refractivity contribution >= 4 is 17.8 Å². The van der Waals surface area contributed by atoms with Crippen molar-refractivity contribution in [1.82, 2.24) is 10.2 Å². The minimum absolute atomic E-state index is 0.0402. The van der Waals surface area contributed by atoms with Crippen LogP contribution in [0.3, 0.4) is 0 Å². The molecule has 6 nitrogen and oxygen atoms in total. The number of benzene rings is 1. The van der Waals surface area contributed by atoms with Gasteiger partial charge in [0.05, 0.1) is 5.56 Å². The van der Waals surface area contributed by atoms with Gasteiger partial charge in [-0.1, -0.05) is 25.1 Å². The SMILES string of the molecule is CC[C@H](C)NC(=O)[C@H]1CCC(=O)N1[C@@H]1OC(=O)c2ccccc21. The van der Waals surface area contributed by atoms with Gasteiger partial charge in [0.2, 0.25) is 18.0 Å². The van der Waals surface area contributed by atoms with Crippen LogP contribution >= 0.6 is 0 Å². The highest BCUT2D eigenvalue weighted by atomic mass is 16.6. The van der Waals surface area contributed by atoms with Crippen molar-refractivity contribution in [3.63, 3.8) is 0 Å². The Morgan fingerprint density at radius 3 is 2.87 bits per heavy atom. The second kappa shape index (κ2) is 6.02. The molecular formula is C17H20N2O4. The summed E-state index contributed by atoms with van der Waals surface area (Å²) >= 11 is 0. The van der Waals surface area contributed by atoms with Gasteiger partial charge in [-0.05, 0) is 25.8 Å². The standard InChI is InChI=1S/C17H20N2O4/c1-3-10(2)18-15(21)13-8-9-14(20)19(13)16-11-6-4-5-7-12(11)17(22)23-16/h4-7,10,13,16H,3,8-9H2,1-2H3,(H,18,21)/t10-,13+,16+/m0/s1. The highest BCUT2D eigenvalue weighted by Gasteiger charge is 2.46. The molecule has 0 saturated carbocycles. The van der Waals surface area contributed by atoms with E-state index in [-0.39, 0.29) is 24.3 Å². The van der Waals surface area contributed by atoms with E-state index in [4.69, 9.17) is 4.74 Å². The highest BCUT2D eigenvalue weighted by Crippen LogP contribution is 2.38. The van der Waals surface area contributed by atoms with Gasteiger partial charge in [0.1, 0.15) is 6.04 Å². The maximum Gasteiger partial charge on any atom is 0.340 e. The molecule has 1 aromatic rings. The Balaban J connectivity index is 1.87. The lowest BCUT2D eigenvalue weighted by molar-refractivity contribution is -0.146. The van der Waals surface area contributed by atoms with E-state index in [1.807, 2.05) is 13.8 Å². The predicted molar refractivity (Wildman–Crippen MR) is 82.4 cm³/mol. The van der Waals surface area contributed by atoms with Crippen LogP contribution in [0, 0.1) is 0 Å². The molecular weight excluding hydrogens is 296 g/mol. The van der Waals surface area contributed by atoms with Gasteiger partial charge in [-0.15, -0.1) is 0 Å².